The van der Waals surface area contributed by atoms with Crippen molar-refractivity contribution in [2.24, 2.45) is 56.2 Å². The molecule has 0 radical (unpaired) electrons. The molecule has 1 amide bonds. The second kappa shape index (κ2) is 12.2. The maximum Gasteiger partial charge on any atom is 0.309 e. The van der Waals surface area contributed by atoms with Gasteiger partial charge in [0.15, 0.2) is 5.78 Å². The summed E-state index contributed by atoms with van der Waals surface area (Å²) in [5, 5.41) is 13.1. The smallest absolute Gasteiger partial charge is 0.309 e. The first-order valence-corrected chi connectivity index (χ1v) is 19.8. The molecule has 2 N–H and O–H groups in total. The van der Waals surface area contributed by atoms with Gasteiger partial charge in [0.25, 0.3) is 0 Å². The van der Waals surface area contributed by atoms with Crippen molar-refractivity contribution < 1.29 is 29.0 Å². The number of aliphatic carboxylic acids is 1. The van der Waals surface area contributed by atoms with Crippen LogP contribution >= 0.6 is 0 Å². The molecule has 0 spiro atoms. The molecule has 0 aliphatic heterocycles. The van der Waals surface area contributed by atoms with Crippen molar-refractivity contribution in [2.45, 2.75) is 171 Å². The van der Waals surface area contributed by atoms with Gasteiger partial charge in [-0.25, -0.2) is 0 Å². The zero-order chi connectivity index (χ0) is 35.9. The van der Waals surface area contributed by atoms with Gasteiger partial charge in [-0.15, -0.1) is 0 Å². The molecule has 5 saturated carbocycles. The van der Waals surface area contributed by atoms with E-state index in [-0.39, 0.29) is 63.8 Å². The predicted molar refractivity (Wildman–Crippen MR) is 190 cm³/mol. The minimum Gasteiger partial charge on any atom is -0.481 e. The molecule has 0 aromatic heterocycles. The normalized spacial score (nSPS) is 40.6. The molecular formula is C42H65NO6. The summed E-state index contributed by atoms with van der Waals surface area (Å²) in [7, 11) is 0. The highest BCUT2D eigenvalue weighted by Gasteiger charge is 2.71. The summed E-state index contributed by atoms with van der Waals surface area (Å²) in [6.45, 7) is 19.6. The number of carbonyl (C=O) groups excluding carboxylic acids is 3. The summed E-state index contributed by atoms with van der Waals surface area (Å²) < 4.78 is 6.15. The number of nitrogens with one attached hydrogen (secondary N) is 1. The lowest BCUT2D eigenvalue weighted by atomic mass is 9.33. The van der Waals surface area contributed by atoms with Crippen LogP contribution in [0.1, 0.15) is 159 Å². The van der Waals surface area contributed by atoms with Gasteiger partial charge in [-0.3, -0.25) is 19.2 Å². The second-order valence-corrected chi connectivity index (χ2v) is 19.8. The number of carboxylic acids is 1. The number of carbonyl (C=O) groups is 4. The predicted octanol–water partition coefficient (Wildman–Crippen LogP) is 8.83. The lowest BCUT2D eigenvalue weighted by Crippen LogP contribution is -2.66. The Morgan fingerprint density at radius 1 is 0.857 bits per heavy atom. The van der Waals surface area contributed by atoms with Gasteiger partial charge >= 0.3 is 11.9 Å². The number of Topliss-reactive ketones (excluding diaryl/α,β-unsaturated/α-hetero) is 1. The highest BCUT2D eigenvalue weighted by molar-refractivity contribution is 6.07. The lowest BCUT2D eigenvalue weighted by molar-refractivity contribution is -0.233. The molecule has 6 rings (SSSR count). The first-order valence-electron chi connectivity index (χ1n) is 19.8. The third-order valence-electron chi connectivity index (χ3n) is 16.2. The molecule has 6 aliphatic carbocycles. The van der Waals surface area contributed by atoms with Gasteiger partial charge in [-0.2, -0.15) is 0 Å². The van der Waals surface area contributed by atoms with Crippen molar-refractivity contribution in [3.8, 4) is 0 Å². The minimum absolute atomic E-state index is 0.0194. The zero-order valence-corrected chi connectivity index (χ0v) is 32.1. The number of amides is 1. The Kier molecular flexibility index (Phi) is 9.12. The number of hydrogen-bond donors (Lipinski definition) is 2. The molecule has 0 aromatic rings. The highest BCUT2D eigenvalue weighted by atomic mass is 16.5. The van der Waals surface area contributed by atoms with Crippen LogP contribution in [-0.4, -0.2) is 40.9 Å². The molecular weight excluding hydrogens is 614 g/mol. The molecule has 274 valence electrons. The van der Waals surface area contributed by atoms with Crippen molar-refractivity contribution in [2.75, 3.05) is 0 Å². The van der Waals surface area contributed by atoms with Crippen molar-refractivity contribution in [1.82, 2.24) is 5.32 Å². The fraction of sp³-hybridized carbons (Fsp3) is 0.857. The van der Waals surface area contributed by atoms with E-state index in [1.165, 1.54) is 24.8 Å². The van der Waals surface area contributed by atoms with Gasteiger partial charge in [0.05, 0.1) is 17.3 Å². The molecule has 49 heavy (non-hydrogen) atoms. The average Bonchev–Trinajstić information content (AvgIpc) is 3.32. The molecule has 7 heteroatoms. The van der Waals surface area contributed by atoms with Crippen LogP contribution in [0.25, 0.3) is 0 Å². The third kappa shape index (κ3) is 5.47. The number of allylic oxidation sites excluding steroid dienone is 1. The number of carboxylic acid groups (broad SMARTS) is 1. The first-order chi connectivity index (χ1) is 22.7. The Bertz CT molecular complexity index is 1420. The number of ether oxygens (including phenoxy) is 1. The van der Waals surface area contributed by atoms with Gasteiger partial charge in [0.1, 0.15) is 6.10 Å². The molecule has 5 fully saturated rings. The van der Waals surface area contributed by atoms with Gasteiger partial charge < -0.3 is 15.2 Å². The van der Waals surface area contributed by atoms with E-state index in [1.807, 2.05) is 0 Å². The Hall–Kier alpha value is -2.18. The van der Waals surface area contributed by atoms with Crippen LogP contribution in [0.4, 0.5) is 0 Å². The fourth-order valence-corrected chi connectivity index (χ4v) is 13.3. The van der Waals surface area contributed by atoms with Crippen LogP contribution in [0.2, 0.25) is 0 Å². The fourth-order valence-electron chi connectivity index (χ4n) is 13.3. The van der Waals surface area contributed by atoms with Gasteiger partial charge in [0, 0.05) is 17.9 Å². The summed E-state index contributed by atoms with van der Waals surface area (Å²) in [5.74, 6) is 0.131. The number of fused-ring (bicyclic) bond motifs is 7. The lowest BCUT2D eigenvalue weighted by Gasteiger charge is -2.72. The summed E-state index contributed by atoms with van der Waals surface area (Å²) in [6, 6.07) is 0.230. The summed E-state index contributed by atoms with van der Waals surface area (Å²) in [4.78, 5) is 53.2. The first kappa shape index (κ1) is 36.6. The quantitative estimate of drug-likeness (QED) is 0.260. The summed E-state index contributed by atoms with van der Waals surface area (Å²) >= 11 is 0. The van der Waals surface area contributed by atoms with Crippen molar-refractivity contribution in [1.29, 1.82) is 0 Å². The average molecular weight is 680 g/mol. The standard InChI is InChI=1S/C42H65NO6/c1-25(2)33-28(44)23-42(35(46)43-26-13-11-10-12-14-26)22-21-40(8)27(34(33)42)15-16-30-39(7)19-18-31(49-32(45)24-37(3,4)36(47)48)38(5,6)29(39)17-20-41(30,40)9/h25-27,29-31H,10-24H2,1-9H3,(H,43,46)(H,47,48)/t27?,29?,30?,31-,39-,40+,41+,42+/m0/s1. The van der Waals surface area contributed by atoms with Crippen LogP contribution in [0.5, 0.6) is 0 Å². The molecule has 6 aliphatic rings. The molecule has 3 unspecified atom stereocenters. The minimum atomic E-state index is -1.16. The molecule has 0 bridgehead atoms. The van der Waals surface area contributed by atoms with Gasteiger partial charge in [-0.05, 0) is 129 Å². The van der Waals surface area contributed by atoms with Crippen LogP contribution in [0, 0.1) is 56.2 Å². The van der Waals surface area contributed by atoms with Crippen LogP contribution in [-0.2, 0) is 23.9 Å². The van der Waals surface area contributed by atoms with Crippen molar-refractivity contribution in [3.63, 3.8) is 0 Å². The van der Waals surface area contributed by atoms with Gasteiger partial charge in [0.2, 0.25) is 5.91 Å². The Morgan fingerprint density at radius 2 is 1.53 bits per heavy atom. The van der Waals surface area contributed by atoms with E-state index in [0.717, 1.165) is 69.8 Å². The van der Waals surface area contributed by atoms with Crippen molar-refractivity contribution in [3.05, 3.63) is 11.1 Å². The Morgan fingerprint density at radius 3 is 2.16 bits per heavy atom. The summed E-state index contributed by atoms with van der Waals surface area (Å²) in [6.07, 6.45) is 13.4. The van der Waals surface area contributed by atoms with Crippen LogP contribution < -0.4 is 5.32 Å². The molecule has 0 saturated heterocycles. The second-order valence-electron chi connectivity index (χ2n) is 19.8. The van der Waals surface area contributed by atoms with E-state index in [0.29, 0.717) is 18.3 Å². The SMILES string of the molecule is CC(C)C1=C2C3CCC4[C@@]5(C)CC[C@H](OC(=O)CC(C)(C)C(=O)O)C(C)(C)C5CC[C@@]4(C)[C@]3(C)CC[C@@]2(C(=O)NC2CCCCC2)CC1=O. The molecule has 8 atom stereocenters. The van der Waals surface area contributed by atoms with E-state index in [1.54, 1.807) is 13.8 Å². The van der Waals surface area contributed by atoms with Gasteiger partial charge in [-0.1, -0.05) is 67.7 Å². The van der Waals surface area contributed by atoms with Crippen LogP contribution in [0.3, 0.4) is 0 Å². The molecule has 7 nitrogen and oxygen atoms in total. The molecule has 0 heterocycles. The number of rotatable bonds is 7. The monoisotopic (exact) mass is 679 g/mol. The number of ketones is 1. The molecule has 0 aromatic carbocycles. The van der Waals surface area contributed by atoms with E-state index < -0.39 is 22.8 Å². The maximum atomic E-state index is 14.5. The highest BCUT2D eigenvalue weighted by Crippen LogP contribution is 2.76. The van der Waals surface area contributed by atoms with E-state index in [2.05, 4.69) is 53.8 Å². The number of hydrogen-bond acceptors (Lipinski definition) is 5. The number of esters is 1. The summed E-state index contributed by atoms with van der Waals surface area (Å²) in [5.41, 5.74) is 0.206. The third-order valence-corrected chi connectivity index (χ3v) is 16.2. The van der Waals surface area contributed by atoms with E-state index in [4.69, 9.17) is 4.74 Å². The van der Waals surface area contributed by atoms with Crippen LogP contribution in [0.15, 0.2) is 11.1 Å². The topological polar surface area (TPSA) is 110 Å². The van der Waals surface area contributed by atoms with E-state index >= 15 is 0 Å². The Balaban J connectivity index is 1.29. The Labute approximate surface area is 295 Å². The largest absolute Gasteiger partial charge is 0.481 e. The maximum absolute atomic E-state index is 14.5. The van der Waals surface area contributed by atoms with E-state index in [9.17, 15) is 24.3 Å². The zero-order valence-electron chi connectivity index (χ0n) is 32.1. The van der Waals surface area contributed by atoms with Crippen molar-refractivity contribution >= 4 is 23.6 Å².